The van der Waals surface area contributed by atoms with E-state index >= 15 is 0 Å². The number of amides is 2. The van der Waals surface area contributed by atoms with Crippen LogP contribution in [0.15, 0.2) is 29.6 Å². The summed E-state index contributed by atoms with van der Waals surface area (Å²) in [6.07, 6.45) is 0.913. The van der Waals surface area contributed by atoms with Crippen molar-refractivity contribution in [3.05, 3.63) is 41.2 Å². The number of benzene rings is 1. The van der Waals surface area contributed by atoms with Gasteiger partial charge in [-0.1, -0.05) is 6.07 Å². The van der Waals surface area contributed by atoms with Crippen molar-refractivity contribution in [2.45, 2.75) is 20.3 Å². The molecule has 0 aliphatic carbocycles. The van der Waals surface area contributed by atoms with Crippen LogP contribution >= 0.6 is 11.3 Å². The van der Waals surface area contributed by atoms with Crippen LogP contribution in [0.1, 0.15) is 17.9 Å². The Labute approximate surface area is 167 Å². The fourth-order valence-electron chi connectivity index (χ4n) is 3.19. The second-order valence-electron chi connectivity index (χ2n) is 6.72. The first-order valence-corrected chi connectivity index (χ1v) is 10.1. The van der Waals surface area contributed by atoms with Gasteiger partial charge in [0.05, 0.1) is 11.4 Å². The number of carbonyl (C=O) groups is 1. The summed E-state index contributed by atoms with van der Waals surface area (Å²) in [5, 5.41) is 17.6. The minimum atomic E-state index is -0.0947. The molecule has 0 spiro atoms. The minimum Gasteiger partial charge on any atom is -0.346 e. The maximum absolute atomic E-state index is 12.8. The monoisotopic (exact) mass is 398 g/mol. The second kappa shape index (κ2) is 7.93. The number of hydrogen-bond acceptors (Lipinski definition) is 7. The third-order valence-corrected chi connectivity index (χ3v) is 5.65. The van der Waals surface area contributed by atoms with Gasteiger partial charge in [0.25, 0.3) is 0 Å². The summed E-state index contributed by atoms with van der Waals surface area (Å²) in [4.78, 5) is 21.4. The Morgan fingerprint density at radius 1 is 1.18 bits per heavy atom. The summed E-state index contributed by atoms with van der Waals surface area (Å²) >= 11 is 1.66. The molecule has 1 aromatic carbocycles. The smallest absolute Gasteiger partial charge is 0.321 e. The Bertz CT molecular complexity index is 968. The van der Waals surface area contributed by atoms with Crippen LogP contribution in [0.5, 0.6) is 0 Å². The summed E-state index contributed by atoms with van der Waals surface area (Å²) in [5.74, 6) is 0.688. The Morgan fingerprint density at radius 2 is 2.07 bits per heavy atom. The highest BCUT2D eigenvalue weighted by Gasteiger charge is 2.21. The highest BCUT2D eigenvalue weighted by atomic mass is 32.1. The number of nitrogens with zero attached hydrogens (tertiary/aromatic N) is 7. The fourth-order valence-corrected chi connectivity index (χ4v) is 4.04. The first-order chi connectivity index (χ1) is 13.6. The number of rotatable bonds is 3. The van der Waals surface area contributed by atoms with Crippen LogP contribution in [0.4, 0.5) is 15.6 Å². The van der Waals surface area contributed by atoms with Gasteiger partial charge in [-0.25, -0.2) is 9.78 Å². The van der Waals surface area contributed by atoms with Gasteiger partial charge in [-0.3, -0.25) is 0 Å². The summed E-state index contributed by atoms with van der Waals surface area (Å²) in [6.45, 7) is 6.91. The summed E-state index contributed by atoms with van der Waals surface area (Å²) in [7, 11) is 0. The van der Waals surface area contributed by atoms with E-state index in [1.165, 1.54) is 0 Å². The van der Waals surface area contributed by atoms with Crippen molar-refractivity contribution in [1.82, 2.24) is 30.1 Å². The SMILES string of the molecule is Cc1csc(N2CCCN(C(=O)Nc3cccc(-n4nnnc4C)c3)CC2)n1. The third kappa shape index (κ3) is 3.96. The van der Waals surface area contributed by atoms with Crippen molar-refractivity contribution in [3.63, 3.8) is 0 Å². The molecule has 1 saturated heterocycles. The van der Waals surface area contributed by atoms with Crippen LogP contribution in [0, 0.1) is 13.8 Å². The van der Waals surface area contributed by atoms with E-state index in [1.54, 1.807) is 16.0 Å². The highest BCUT2D eigenvalue weighted by molar-refractivity contribution is 7.13. The molecule has 4 rings (SSSR count). The predicted molar refractivity (Wildman–Crippen MR) is 108 cm³/mol. The molecule has 1 fully saturated rings. The summed E-state index contributed by atoms with van der Waals surface area (Å²) in [6, 6.07) is 7.41. The van der Waals surface area contributed by atoms with Crippen LogP contribution in [-0.2, 0) is 0 Å². The molecule has 3 heterocycles. The van der Waals surface area contributed by atoms with Gasteiger partial charge in [-0.05, 0) is 48.9 Å². The topological polar surface area (TPSA) is 92.1 Å². The van der Waals surface area contributed by atoms with Gasteiger partial charge in [0.2, 0.25) is 0 Å². The quantitative estimate of drug-likeness (QED) is 0.729. The number of carbonyl (C=O) groups excluding carboxylic acids is 1. The number of nitrogens with one attached hydrogen (secondary N) is 1. The van der Waals surface area contributed by atoms with E-state index in [2.05, 4.69) is 36.1 Å². The molecule has 1 aliphatic rings. The summed E-state index contributed by atoms with van der Waals surface area (Å²) in [5.41, 5.74) is 2.56. The molecule has 0 saturated carbocycles. The lowest BCUT2D eigenvalue weighted by atomic mass is 10.2. The van der Waals surface area contributed by atoms with Crippen LogP contribution < -0.4 is 10.2 Å². The van der Waals surface area contributed by atoms with E-state index in [-0.39, 0.29) is 6.03 Å². The Morgan fingerprint density at radius 3 is 2.82 bits per heavy atom. The maximum Gasteiger partial charge on any atom is 0.321 e. The molecule has 1 N–H and O–H groups in total. The van der Waals surface area contributed by atoms with Gasteiger partial charge < -0.3 is 15.1 Å². The van der Waals surface area contributed by atoms with E-state index < -0.39 is 0 Å². The van der Waals surface area contributed by atoms with Crippen molar-refractivity contribution in [2.75, 3.05) is 36.4 Å². The highest BCUT2D eigenvalue weighted by Crippen LogP contribution is 2.22. The number of hydrogen-bond donors (Lipinski definition) is 1. The standard InChI is InChI=1S/C18H22N8OS/c1-13-12-28-18(19-13)25-8-4-7-24(9-10-25)17(27)20-15-5-3-6-16(11-15)26-14(2)21-22-23-26/h3,5-6,11-12H,4,7-10H2,1-2H3,(H,20,27). The normalized spacial score (nSPS) is 14.8. The van der Waals surface area contributed by atoms with E-state index in [1.807, 2.05) is 43.0 Å². The molecule has 0 unspecified atom stereocenters. The lowest BCUT2D eigenvalue weighted by Gasteiger charge is -2.22. The van der Waals surface area contributed by atoms with E-state index in [0.29, 0.717) is 18.1 Å². The van der Waals surface area contributed by atoms with Crippen molar-refractivity contribution < 1.29 is 4.79 Å². The minimum absolute atomic E-state index is 0.0947. The molecular weight excluding hydrogens is 376 g/mol. The average Bonchev–Trinajstić information content (AvgIpc) is 3.22. The largest absolute Gasteiger partial charge is 0.346 e. The molecule has 0 bridgehead atoms. The maximum atomic E-state index is 12.8. The number of urea groups is 1. The predicted octanol–water partition coefficient (Wildman–Crippen LogP) is 2.48. The number of anilines is 2. The number of aryl methyl sites for hydroxylation is 2. The van der Waals surface area contributed by atoms with E-state index in [9.17, 15) is 4.79 Å². The Kier molecular flexibility index (Phi) is 5.20. The third-order valence-electron chi connectivity index (χ3n) is 4.63. The molecule has 10 heteroatoms. The molecule has 1 aliphatic heterocycles. The Balaban J connectivity index is 1.41. The lowest BCUT2D eigenvalue weighted by molar-refractivity contribution is 0.215. The van der Waals surface area contributed by atoms with Gasteiger partial charge in [0.15, 0.2) is 11.0 Å². The van der Waals surface area contributed by atoms with Crippen molar-refractivity contribution in [3.8, 4) is 5.69 Å². The van der Waals surface area contributed by atoms with Crippen LogP contribution in [0.2, 0.25) is 0 Å². The van der Waals surface area contributed by atoms with Crippen LogP contribution in [-0.4, -0.2) is 62.3 Å². The van der Waals surface area contributed by atoms with Crippen molar-refractivity contribution >= 4 is 28.2 Å². The molecular formula is C18H22N8OS. The lowest BCUT2D eigenvalue weighted by Crippen LogP contribution is -2.38. The Hall–Kier alpha value is -3.01. The van der Waals surface area contributed by atoms with Gasteiger partial charge in [0.1, 0.15) is 0 Å². The van der Waals surface area contributed by atoms with Crippen LogP contribution in [0.3, 0.4) is 0 Å². The number of thiazole rings is 1. The molecule has 2 amide bonds. The second-order valence-corrected chi connectivity index (χ2v) is 7.55. The van der Waals surface area contributed by atoms with Crippen molar-refractivity contribution in [1.29, 1.82) is 0 Å². The fraction of sp³-hybridized carbons (Fsp3) is 0.389. The van der Waals surface area contributed by atoms with Crippen LogP contribution in [0.25, 0.3) is 5.69 Å². The first kappa shape index (κ1) is 18.4. The molecule has 28 heavy (non-hydrogen) atoms. The molecule has 146 valence electrons. The number of aromatic nitrogens is 5. The first-order valence-electron chi connectivity index (χ1n) is 9.18. The average molecular weight is 398 g/mol. The molecule has 0 atom stereocenters. The van der Waals surface area contributed by atoms with Gasteiger partial charge in [0, 0.05) is 37.2 Å². The van der Waals surface area contributed by atoms with E-state index in [0.717, 1.165) is 42.6 Å². The van der Waals surface area contributed by atoms with E-state index in [4.69, 9.17) is 0 Å². The van der Waals surface area contributed by atoms with Gasteiger partial charge >= 0.3 is 6.03 Å². The van der Waals surface area contributed by atoms with Crippen molar-refractivity contribution in [2.24, 2.45) is 0 Å². The molecule has 3 aromatic rings. The molecule has 9 nitrogen and oxygen atoms in total. The number of tetrazole rings is 1. The zero-order valence-corrected chi connectivity index (χ0v) is 16.7. The zero-order valence-electron chi connectivity index (χ0n) is 15.9. The molecule has 2 aromatic heterocycles. The zero-order chi connectivity index (χ0) is 19.5. The van der Waals surface area contributed by atoms with Gasteiger partial charge in [-0.2, -0.15) is 4.68 Å². The molecule has 0 radical (unpaired) electrons. The van der Waals surface area contributed by atoms with Gasteiger partial charge in [-0.15, -0.1) is 16.4 Å². The summed E-state index contributed by atoms with van der Waals surface area (Å²) < 4.78 is 1.63.